The number of fused-ring (bicyclic) bond motifs is 3. The summed E-state index contributed by atoms with van der Waals surface area (Å²) in [5.74, 6) is -1.07. The second-order valence-electron chi connectivity index (χ2n) is 13.4. The predicted molar refractivity (Wildman–Crippen MR) is 184 cm³/mol. The van der Waals surface area contributed by atoms with E-state index >= 15 is 0 Å². The molecule has 2 aliphatic rings. The van der Waals surface area contributed by atoms with Crippen LogP contribution in [0.2, 0.25) is 0 Å². The van der Waals surface area contributed by atoms with E-state index in [9.17, 15) is 35.9 Å². The number of alkyl halides is 6. The monoisotopic (exact) mass is 707 g/mol. The van der Waals surface area contributed by atoms with Gasteiger partial charge in [-0.1, -0.05) is 97.4 Å². The topological polar surface area (TPSA) is 61.4 Å². The third-order valence-electron chi connectivity index (χ3n) is 9.92. The first-order valence-corrected chi connectivity index (χ1v) is 17.2. The van der Waals surface area contributed by atoms with E-state index in [1.54, 1.807) is 18.2 Å². The number of likely N-dealkylation sites (tertiary alicyclic amines) is 1. The summed E-state index contributed by atoms with van der Waals surface area (Å²) in [6.07, 6.45) is -7.12. The molecule has 1 saturated heterocycles. The van der Waals surface area contributed by atoms with Gasteiger partial charge in [-0.2, -0.15) is 26.3 Å². The second kappa shape index (κ2) is 14.9. The van der Waals surface area contributed by atoms with Crippen molar-refractivity contribution in [3.8, 4) is 22.3 Å². The highest BCUT2D eigenvalue weighted by molar-refractivity contribution is 6.02. The maximum absolute atomic E-state index is 13.7. The lowest BCUT2D eigenvalue weighted by atomic mass is 9.73. The number of benzene rings is 4. The molecule has 5 nitrogen and oxygen atoms in total. The Balaban J connectivity index is 1.08. The number of unbranched alkanes of at least 4 members (excludes halogenated alkanes) is 1. The van der Waals surface area contributed by atoms with Crippen LogP contribution in [0.15, 0.2) is 97.1 Å². The van der Waals surface area contributed by atoms with Gasteiger partial charge in [-0.15, -0.1) is 0 Å². The van der Waals surface area contributed by atoms with Crippen molar-refractivity contribution in [3.63, 3.8) is 0 Å². The molecule has 4 aromatic carbocycles. The summed E-state index contributed by atoms with van der Waals surface area (Å²) in [5, 5.41) is 5.22. The molecule has 0 spiro atoms. The molecule has 1 heterocycles. The van der Waals surface area contributed by atoms with Crippen LogP contribution in [0.1, 0.15) is 59.2 Å². The lowest BCUT2D eigenvalue weighted by Crippen LogP contribution is -2.47. The summed E-state index contributed by atoms with van der Waals surface area (Å²) in [7, 11) is 0. The number of rotatable bonds is 11. The maximum atomic E-state index is 13.7. The normalized spacial score (nSPS) is 16.0. The Morgan fingerprint density at radius 2 is 1.33 bits per heavy atom. The highest BCUT2D eigenvalue weighted by atomic mass is 19.4. The molecule has 0 bridgehead atoms. The zero-order chi connectivity index (χ0) is 36.2. The average Bonchev–Trinajstić information content (AvgIpc) is 3.39. The van der Waals surface area contributed by atoms with E-state index in [2.05, 4.69) is 15.5 Å². The van der Waals surface area contributed by atoms with Gasteiger partial charge in [-0.05, 0) is 77.2 Å². The third kappa shape index (κ3) is 8.30. The van der Waals surface area contributed by atoms with Crippen LogP contribution in [0.3, 0.4) is 0 Å². The van der Waals surface area contributed by atoms with Gasteiger partial charge in [-0.3, -0.25) is 9.59 Å². The van der Waals surface area contributed by atoms with Crippen LogP contribution in [-0.4, -0.2) is 61.3 Å². The molecular weight excluding hydrogens is 668 g/mol. The Hall–Kier alpha value is -4.64. The van der Waals surface area contributed by atoms with Gasteiger partial charge < -0.3 is 15.5 Å². The molecule has 2 N–H and O–H groups in total. The van der Waals surface area contributed by atoms with Crippen molar-refractivity contribution < 1.29 is 35.9 Å². The fraction of sp³-hybridized carbons (Fsp3) is 0.350. The average molecular weight is 708 g/mol. The Morgan fingerprint density at radius 1 is 0.725 bits per heavy atom. The van der Waals surface area contributed by atoms with E-state index in [4.69, 9.17) is 0 Å². The molecule has 1 aliphatic heterocycles. The van der Waals surface area contributed by atoms with Crippen molar-refractivity contribution in [2.24, 2.45) is 0 Å². The molecular formula is C40H39F6N3O2. The molecule has 0 saturated carbocycles. The Kier molecular flexibility index (Phi) is 10.6. The first-order chi connectivity index (χ1) is 24.3. The molecule has 51 heavy (non-hydrogen) atoms. The number of amides is 2. The Labute approximate surface area is 293 Å². The molecule has 0 unspecified atom stereocenters. The summed E-state index contributed by atoms with van der Waals surface area (Å²) >= 11 is 0. The molecule has 0 radical (unpaired) electrons. The van der Waals surface area contributed by atoms with Gasteiger partial charge >= 0.3 is 12.4 Å². The van der Waals surface area contributed by atoms with E-state index in [0.717, 1.165) is 16.7 Å². The van der Waals surface area contributed by atoms with Crippen LogP contribution in [0.4, 0.5) is 26.3 Å². The molecule has 11 heteroatoms. The van der Waals surface area contributed by atoms with E-state index in [1.165, 1.54) is 12.1 Å². The van der Waals surface area contributed by atoms with E-state index in [1.807, 2.05) is 66.7 Å². The van der Waals surface area contributed by atoms with Gasteiger partial charge in [0, 0.05) is 24.7 Å². The van der Waals surface area contributed by atoms with Gasteiger partial charge in [-0.25, -0.2) is 0 Å². The minimum absolute atomic E-state index is 0.0198. The smallest absolute Gasteiger partial charge is 0.349 e. The molecule has 0 atom stereocenters. The molecule has 268 valence electrons. The fourth-order valence-electron chi connectivity index (χ4n) is 7.56. The lowest BCUT2D eigenvalue weighted by molar-refractivity contribution is -0.141. The summed E-state index contributed by atoms with van der Waals surface area (Å²) < 4.78 is 79.1. The number of hydrogen-bond donors (Lipinski definition) is 2. The van der Waals surface area contributed by atoms with Gasteiger partial charge in [0.05, 0.1) is 6.42 Å². The molecule has 4 aromatic rings. The van der Waals surface area contributed by atoms with E-state index < -0.39 is 42.5 Å². The fourth-order valence-corrected chi connectivity index (χ4v) is 7.56. The van der Waals surface area contributed by atoms with E-state index in [0.29, 0.717) is 68.4 Å². The molecule has 1 fully saturated rings. The summed E-state index contributed by atoms with van der Waals surface area (Å²) in [5.41, 5.74) is 3.40. The highest BCUT2D eigenvalue weighted by Crippen LogP contribution is 2.51. The SMILES string of the molecule is O=C(NC1CCN(CCCCC2(C(=O)NCC(F)(F)F)c3ccccc3-c3ccccc32)CC1)c1cc(CC(F)(F)F)ccc1-c1ccccc1. The number of hydrogen-bond acceptors (Lipinski definition) is 3. The van der Waals surface area contributed by atoms with Crippen molar-refractivity contribution >= 4 is 11.8 Å². The van der Waals surface area contributed by atoms with Crippen molar-refractivity contribution in [1.29, 1.82) is 0 Å². The number of carbonyl (C=O) groups excluding carboxylic acids is 2. The van der Waals surface area contributed by atoms with Crippen molar-refractivity contribution in [3.05, 3.63) is 119 Å². The zero-order valence-corrected chi connectivity index (χ0v) is 27.9. The summed E-state index contributed by atoms with van der Waals surface area (Å²) in [6.45, 7) is 0.679. The number of nitrogens with one attached hydrogen (secondary N) is 2. The molecule has 1 aliphatic carbocycles. The minimum atomic E-state index is -4.54. The number of nitrogens with zero attached hydrogens (tertiary/aromatic N) is 1. The van der Waals surface area contributed by atoms with Crippen molar-refractivity contribution in [1.82, 2.24) is 15.5 Å². The maximum Gasteiger partial charge on any atom is 0.405 e. The van der Waals surface area contributed by atoms with Crippen LogP contribution < -0.4 is 10.6 Å². The quantitative estimate of drug-likeness (QED) is 0.122. The van der Waals surface area contributed by atoms with Crippen molar-refractivity contribution in [2.45, 2.75) is 62.3 Å². The predicted octanol–water partition coefficient (Wildman–Crippen LogP) is 8.47. The zero-order valence-electron chi connectivity index (χ0n) is 27.9. The van der Waals surface area contributed by atoms with Crippen LogP contribution in [0.25, 0.3) is 22.3 Å². The first kappa shape index (κ1) is 36.2. The number of carbonyl (C=O) groups is 2. The van der Waals surface area contributed by atoms with Crippen LogP contribution in [-0.2, 0) is 16.6 Å². The number of piperidine rings is 1. The van der Waals surface area contributed by atoms with E-state index in [-0.39, 0.29) is 17.2 Å². The molecule has 6 rings (SSSR count). The van der Waals surface area contributed by atoms with Crippen LogP contribution in [0, 0.1) is 0 Å². The molecule has 2 amide bonds. The summed E-state index contributed by atoms with van der Waals surface area (Å²) in [4.78, 5) is 29.5. The Morgan fingerprint density at radius 3 is 1.94 bits per heavy atom. The van der Waals surface area contributed by atoms with Gasteiger partial charge in [0.1, 0.15) is 12.0 Å². The van der Waals surface area contributed by atoms with Crippen molar-refractivity contribution in [2.75, 3.05) is 26.2 Å². The largest absolute Gasteiger partial charge is 0.405 e. The minimum Gasteiger partial charge on any atom is -0.349 e. The van der Waals surface area contributed by atoms with Crippen LogP contribution >= 0.6 is 0 Å². The van der Waals surface area contributed by atoms with Crippen LogP contribution in [0.5, 0.6) is 0 Å². The number of halogens is 6. The van der Waals surface area contributed by atoms with Gasteiger partial charge in [0.25, 0.3) is 5.91 Å². The standard InChI is InChI=1S/C40H39F6N3O2/c41-39(42,43)25-27-16-17-30(28-10-2-1-3-11-28)33(24-27)36(50)48-29-18-22-49(23-19-29)21-9-8-20-38(37(51)47-26-40(44,45)46)34-14-6-4-12-31(34)32-13-5-7-15-35(32)38/h1-7,10-17,24,29H,8-9,18-23,25-26H2,(H,47,51)(H,48,50). The highest BCUT2D eigenvalue weighted by Gasteiger charge is 2.49. The second-order valence-corrected chi connectivity index (χ2v) is 13.4. The summed E-state index contributed by atoms with van der Waals surface area (Å²) in [6, 6.07) is 28.0. The van der Waals surface area contributed by atoms with Gasteiger partial charge in [0.15, 0.2) is 0 Å². The molecule has 0 aromatic heterocycles. The Bertz CT molecular complexity index is 1800. The third-order valence-corrected chi connectivity index (χ3v) is 9.92. The lowest BCUT2D eigenvalue weighted by Gasteiger charge is -2.33. The first-order valence-electron chi connectivity index (χ1n) is 17.2. The van der Waals surface area contributed by atoms with Gasteiger partial charge in [0.2, 0.25) is 5.91 Å².